The lowest BCUT2D eigenvalue weighted by atomic mass is 10.0. The second-order valence-electron chi connectivity index (χ2n) is 4.40. The fourth-order valence-corrected chi connectivity index (χ4v) is 2.91. The third-order valence-corrected chi connectivity index (χ3v) is 3.97. The van der Waals surface area contributed by atoms with Gasteiger partial charge in [0.05, 0.1) is 10.6 Å². The molecule has 0 amide bonds. The number of hydrogen-bond donors (Lipinski definition) is 2. The van der Waals surface area contributed by atoms with Crippen LogP contribution in [0.15, 0.2) is 48.0 Å². The van der Waals surface area contributed by atoms with Gasteiger partial charge in [-0.2, -0.15) is 13.2 Å². The number of nitrogens with one attached hydrogen (secondary N) is 2. The summed E-state index contributed by atoms with van der Waals surface area (Å²) in [5.41, 5.74) is 0.983. The molecule has 20 heavy (non-hydrogen) atoms. The molecule has 0 spiro atoms. The van der Waals surface area contributed by atoms with Gasteiger partial charge >= 0.3 is 6.18 Å². The van der Waals surface area contributed by atoms with Crippen molar-refractivity contribution in [1.29, 1.82) is 0 Å². The molecule has 1 atom stereocenters. The first kappa shape index (κ1) is 13.1. The quantitative estimate of drug-likeness (QED) is 0.698. The second kappa shape index (κ2) is 4.86. The normalized spacial score (nSPS) is 13.6. The zero-order valence-corrected chi connectivity index (χ0v) is 11.1. The van der Waals surface area contributed by atoms with Crippen molar-refractivity contribution in [2.75, 3.05) is 0 Å². The van der Waals surface area contributed by atoms with Gasteiger partial charge in [-0.3, -0.25) is 0 Å². The smallest absolute Gasteiger partial charge is 0.364 e. The molecular formula is C14H11F3N2S. The van der Waals surface area contributed by atoms with Gasteiger partial charge in [0, 0.05) is 17.6 Å². The lowest BCUT2D eigenvalue weighted by Gasteiger charge is -2.18. The Kier molecular flexibility index (Phi) is 3.17. The van der Waals surface area contributed by atoms with Crippen LogP contribution in [0.3, 0.4) is 0 Å². The summed E-state index contributed by atoms with van der Waals surface area (Å²) in [6, 6.07) is 9.93. The van der Waals surface area contributed by atoms with E-state index in [1.165, 1.54) is 29.7 Å². The largest absolute Gasteiger partial charge is 0.402 e. The van der Waals surface area contributed by atoms with Crippen LogP contribution in [-0.2, 0) is 0 Å². The maximum absolute atomic E-state index is 13.3. The summed E-state index contributed by atoms with van der Waals surface area (Å²) in [4.78, 5) is 6.45. The monoisotopic (exact) mass is 296 g/mol. The Bertz CT molecular complexity index is 666. The molecular weight excluding hydrogens is 285 g/mol. The molecule has 0 saturated heterocycles. The van der Waals surface area contributed by atoms with Crippen LogP contribution in [0.1, 0.15) is 17.3 Å². The number of alkyl halides is 3. The molecule has 0 aliphatic heterocycles. The zero-order chi connectivity index (χ0) is 14.2. The molecule has 0 radical (unpaired) electrons. The molecule has 3 rings (SSSR count). The molecule has 104 valence electrons. The molecule has 3 aromatic heterocycles. The van der Waals surface area contributed by atoms with E-state index in [1.54, 1.807) is 12.1 Å². The lowest BCUT2D eigenvalue weighted by molar-refractivity contribution is -0.142. The molecule has 0 saturated carbocycles. The number of thiophene rings is 1. The average Bonchev–Trinajstić information content (AvgIpc) is 3.10. The Labute approximate surface area is 117 Å². The highest BCUT2D eigenvalue weighted by Crippen LogP contribution is 2.39. The topological polar surface area (TPSA) is 31.6 Å². The number of H-pyrrole nitrogens is 2. The van der Waals surface area contributed by atoms with E-state index in [2.05, 4.69) is 9.97 Å². The van der Waals surface area contributed by atoms with Crippen molar-refractivity contribution in [3.05, 3.63) is 59.4 Å². The summed E-state index contributed by atoms with van der Waals surface area (Å²) < 4.78 is 39.9. The van der Waals surface area contributed by atoms with Crippen LogP contribution >= 0.6 is 11.3 Å². The van der Waals surface area contributed by atoms with E-state index >= 15 is 0 Å². The highest BCUT2D eigenvalue weighted by atomic mass is 32.1. The summed E-state index contributed by atoms with van der Waals surface area (Å²) in [7, 11) is 0. The van der Waals surface area contributed by atoms with Gasteiger partial charge in [0.15, 0.2) is 0 Å². The summed E-state index contributed by atoms with van der Waals surface area (Å²) in [6.07, 6.45) is -2.85. The predicted octanol–water partition coefficient (Wildman–Crippen LogP) is 4.77. The molecule has 0 aliphatic rings. The Balaban J connectivity index is 2.01. The van der Waals surface area contributed by atoms with Crippen molar-refractivity contribution in [3.63, 3.8) is 0 Å². The minimum absolute atomic E-state index is 0.136. The Morgan fingerprint density at radius 3 is 2.45 bits per heavy atom. The number of halogens is 3. The third-order valence-electron chi connectivity index (χ3n) is 3.07. The van der Waals surface area contributed by atoms with E-state index in [0.29, 0.717) is 5.69 Å². The number of aromatic amines is 2. The first-order valence-electron chi connectivity index (χ1n) is 5.98. The number of hydrogen-bond acceptors (Lipinski definition) is 1. The Morgan fingerprint density at radius 1 is 1.00 bits per heavy atom. The molecule has 2 N–H and O–H groups in total. The maximum atomic E-state index is 13.3. The van der Waals surface area contributed by atoms with Crippen LogP contribution in [0.2, 0.25) is 0 Å². The molecule has 3 aromatic rings. The molecule has 3 heterocycles. The van der Waals surface area contributed by atoms with Gasteiger partial charge < -0.3 is 9.97 Å². The van der Waals surface area contributed by atoms with Gasteiger partial charge in [-0.15, -0.1) is 11.3 Å². The predicted molar refractivity (Wildman–Crippen MR) is 72.8 cm³/mol. The van der Waals surface area contributed by atoms with Crippen LogP contribution in [0.25, 0.3) is 10.6 Å². The molecule has 0 bridgehead atoms. The van der Waals surface area contributed by atoms with Crippen molar-refractivity contribution < 1.29 is 13.2 Å². The Morgan fingerprint density at radius 2 is 1.85 bits per heavy atom. The van der Waals surface area contributed by atoms with E-state index in [0.717, 1.165) is 4.88 Å². The first-order chi connectivity index (χ1) is 9.55. The van der Waals surface area contributed by atoms with Crippen molar-refractivity contribution in [2.24, 2.45) is 0 Å². The summed E-state index contributed by atoms with van der Waals surface area (Å²) in [5.74, 6) is -1.66. The summed E-state index contributed by atoms with van der Waals surface area (Å²) >= 11 is 1.49. The Hall–Kier alpha value is -1.95. The van der Waals surface area contributed by atoms with Gasteiger partial charge in [-0.05, 0) is 35.7 Å². The molecule has 6 heteroatoms. The summed E-state index contributed by atoms with van der Waals surface area (Å²) in [5, 5.41) is 1.89. The van der Waals surface area contributed by atoms with Gasteiger partial charge in [-0.1, -0.05) is 6.07 Å². The molecule has 1 unspecified atom stereocenters. The van der Waals surface area contributed by atoms with E-state index in [9.17, 15) is 13.2 Å². The van der Waals surface area contributed by atoms with E-state index in [4.69, 9.17) is 0 Å². The van der Waals surface area contributed by atoms with Crippen molar-refractivity contribution in [3.8, 4) is 10.6 Å². The van der Waals surface area contributed by atoms with E-state index < -0.39 is 12.1 Å². The van der Waals surface area contributed by atoms with Gasteiger partial charge in [0.1, 0.15) is 5.92 Å². The number of rotatable bonds is 3. The maximum Gasteiger partial charge on any atom is 0.402 e. The van der Waals surface area contributed by atoms with Crippen LogP contribution < -0.4 is 0 Å². The highest BCUT2D eigenvalue weighted by molar-refractivity contribution is 7.13. The molecule has 0 fully saturated rings. The SMILES string of the molecule is FC(F)(F)C(c1ccc[nH]1)c1ccc(-c2cccs2)[nH]1. The summed E-state index contributed by atoms with van der Waals surface area (Å²) in [6.45, 7) is 0. The van der Waals surface area contributed by atoms with Gasteiger partial charge in [0.2, 0.25) is 0 Å². The van der Waals surface area contributed by atoms with E-state index in [-0.39, 0.29) is 11.4 Å². The van der Waals surface area contributed by atoms with Crippen LogP contribution in [0.5, 0.6) is 0 Å². The highest BCUT2D eigenvalue weighted by Gasteiger charge is 2.43. The van der Waals surface area contributed by atoms with Crippen molar-refractivity contribution in [1.82, 2.24) is 9.97 Å². The molecule has 0 aliphatic carbocycles. The second-order valence-corrected chi connectivity index (χ2v) is 5.35. The van der Waals surface area contributed by atoms with Crippen LogP contribution in [-0.4, -0.2) is 16.1 Å². The first-order valence-corrected chi connectivity index (χ1v) is 6.86. The molecule has 0 aromatic carbocycles. The lowest BCUT2D eigenvalue weighted by Crippen LogP contribution is -2.22. The third kappa shape index (κ3) is 2.38. The van der Waals surface area contributed by atoms with E-state index in [1.807, 2.05) is 17.5 Å². The van der Waals surface area contributed by atoms with Crippen molar-refractivity contribution in [2.45, 2.75) is 12.1 Å². The van der Waals surface area contributed by atoms with Gasteiger partial charge in [0.25, 0.3) is 0 Å². The fourth-order valence-electron chi connectivity index (χ4n) is 2.20. The fraction of sp³-hybridized carbons (Fsp3) is 0.143. The minimum atomic E-state index is -4.34. The molecule has 2 nitrogen and oxygen atoms in total. The average molecular weight is 296 g/mol. The van der Waals surface area contributed by atoms with Crippen LogP contribution in [0, 0.1) is 0 Å². The zero-order valence-electron chi connectivity index (χ0n) is 10.2. The van der Waals surface area contributed by atoms with Crippen LogP contribution in [0.4, 0.5) is 13.2 Å². The van der Waals surface area contributed by atoms with Crippen molar-refractivity contribution >= 4 is 11.3 Å². The van der Waals surface area contributed by atoms with Gasteiger partial charge in [-0.25, -0.2) is 0 Å². The standard InChI is InChI=1S/C14H11F3N2S/c15-14(16,17)13(10-3-1-7-18-10)11-6-5-9(19-11)12-4-2-8-20-12/h1-8,13,18-19H. The minimum Gasteiger partial charge on any atom is -0.364 e. The number of aromatic nitrogens is 2.